The summed E-state index contributed by atoms with van der Waals surface area (Å²) in [4.78, 5) is 0.435. The molecule has 0 nitrogen and oxygen atoms in total. The Morgan fingerprint density at radius 1 is 1.20 bits per heavy atom. The van der Waals surface area contributed by atoms with Crippen LogP contribution >= 0.6 is 27.5 Å². The highest BCUT2D eigenvalue weighted by Gasteiger charge is 2.27. The zero-order valence-corrected chi connectivity index (χ0v) is 13.9. The number of aryl methyl sites for hydroxylation is 2. The van der Waals surface area contributed by atoms with E-state index in [-0.39, 0.29) is 0 Å². The monoisotopic (exact) mass is 348 g/mol. The number of fused-ring (bicyclic) bond motifs is 1. The van der Waals surface area contributed by atoms with E-state index in [2.05, 4.69) is 65.3 Å². The average molecular weight is 350 g/mol. The van der Waals surface area contributed by atoms with Crippen molar-refractivity contribution >= 4 is 27.5 Å². The second kappa shape index (κ2) is 5.91. The van der Waals surface area contributed by atoms with E-state index in [1.54, 1.807) is 0 Å². The van der Waals surface area contributed by atoms with Crippen molar-refractivity contribution in [1.29, 1.82) is 0 Å². The summed E-state index contributed by atoms with van der Waals surface area (Å²) in [5, 5.41) is 0.906. The maximum atomic E-state index is 6.38. The fraction of sp³-hybridized carbons (Fsp3) is 0.333. The van der Waals surface area contributed by atoms with Crippen molar-refractivity contribution in [1.82, 2.24) is 0 Å². The number of benzene rings is 2. The Hall–Kier alpha value is -0.790. The molecule has 104 valence electrons. The molecule has 0 saturated carbocycles. The van der Waals surface area contributed by atoms with Gasteiger partial charge in [-0.15, -0.1) is 0 Å². The minimum Gasteiger partial charge on any atom is -0.0840 e. The van der Waals surface area contributed by atoms with E-state index in [0.29, 0.717) is 10.7 Å². The first-order valence-corrected chi connectivity index (χ1v) is 8.41. The Morgan fingerprint density at radius 3 is 2.80 bits per heavy atom. The van der Waals surface area contributed by atoms with E-state index in [9.17, 15) is 0 Å². The zero-order chi connectivity index (χ0) is 14.1. The van der Waals surface area contributed by atoms with Crippen LogP contribution in [-0.4, -0.2) is 0 Å². The van der Waals surface area contributed by atoms with Crippen molar-refractivity contribution in [2.75, 3.05) is 0 Å². The molecule has 2 aromatic carbocycles. The van der Waals surface area contributed by atoms with Gasteiger partial charge in [-0.25, -0.2) is 0 Å². The predicted molar refractivity (Wildman–Crippen MR) is 89.8 cm³/mol. The molecule has 0 bridgehead atoms. The smallest absolute Gasteiger partial charge is 0.0440 e. The Labute approximate surface area is 134 Å². The molecule has 0 spiro atoms. The van der Waals surface area contributed by atoms with Gasteiger partial charge in [0, 0.05) is 9.85 Å². The molecule has 0 saturated heterocycles. The molecule has 0 heterocycles. The summed E-state index contributed by atoms with van der Waals surface area (Å²) < 4.78 is 0. The van der Waals surface area contributed by atoms with Gasteiger partial charge in [0.15, 0.2) is 0 Å². The van der Waals surface area contributed by atoms with Crippen LogP contribution in [-0.2, 0) is 12.8 Å². The second-order valence-electron chi connectivity index (χ2n) is 5.70. The van der Waals surface area contributed by atoms with E-state index in [1.165, 1.54) is 35.1 Å². The Bertz CT molecular complexity index is 621. The van der Waals surface area contributed by atoms with Gasteiger partial charge in [-0.05, 0) is 60.4 Å². The highest BCUT2D eigenvalue weighted by Crippen LogP contribution is 2.42. The van der Waals surface area contributed by atoms with E-state index in [0.717, 1.165) is 11.4 Å². The number of hydrogen-bond donors (Lipinski definition) is 0. The van der Waals surface area contributed by atoms with Gasteiger partial charge in [-0.3, -0.25) is 0 Å². The van der Waals surface area contributed by atoms with Crippen molar-refractivity contribution < 1.29 is 0 Å². The molecule has 2 heteroatoms. The third kappa shape index (κ3) is 2.80. The van der Waals surface area contributed by atoms with Crippen LogP contribution in [0.1, 0.15) is 33.5 Å². The third-order valence-electron chi connectivity index (χ3n) is 4.24. The zero-order valence-electron chi connectivity index (χ0n) is 11.6. The van der Waals surface area contributed by atoms with Gasteiger partial charge in [0.05, 0.1) is 0 Å². The molecule has 0 N–H and O–H groups in total. The van der Waals surface area contributed by atoms with Crippen LogP contribution in [0, 0.1) is 12.8 Å². The largest absolute Gasteiger partial charge is 0.0840 e. The fourth-order valence-corrected chi connectivity index (χ4v) is 4.29. The van der Waals surface area contributed by atoms with Crippen LogP contribution in [0.5, 0.6) is 0 Å². The average Bonchev–Trinajstić information content (AvgIpc) is 2.45. The van der Waals surface area contributed by atoms with E-state index in [4.69, 9.17) is 11.6 Å². The summed E-state index contributed by atoms with van der Waals surface area (Å²) in [5.41, 5.74) is 5.43. The summed E-state index contributed by atoms with van der Waals surface area (Å²) in [6.07, 6.45) is 3.44. The van der Waals surface area contributed by atoms with Crippen molar-refractivity contribution in [2.45, 2.75) is 31.0 Å². The van der Waals surface area contributed by atoms with Gasteiger partial charge >= 0.3 is 0 Å². The summed E-state index contributed by atoms with van der Waals surface area (Å²) in [6, 6.07) is 15.2. The lowest BCUT2D eigenvalue weighted by Gasteiger charge is -2.30. The lowest BCUT2D eigenvalue weighted by atomic mass is 9.80. The SMILES string of the molecule is Cc1ccc(CC2CCc3ccccc3C2Br)c(Cl)c1. The van der Waals surface area contributed by atoms with Gasteiger partial charge in [-0.2, -0.15) is 0 Å². The van der Waals surface area contributed by atoms with Crippen LogP contribution in [0.15, 0.2) is 42.5 Å². The molecular weight excluding hydrogens is 332 g/mol. The molecule has 2 unspecified atom stereocenters. The predicted octanol–water partition coefficient (Wildman–Crippen LogP) is 5.89. The lowest BCUT2D eigenvalue weighted by Crippen LogP contribution is -2.19. The van der Waals surface area contributed by atoms with Crippen LogP contribution < -0.4 is 0 Å². The van der Waals surface area contributed by atoms with Gasteiger partial charge in [0.1, 0.15) is 0 Å². The number of alkyl halides is 1. The van der Waals surface area contributed by atoms with Crippen molar-refractivity contribution in [3.05, 3.63) is 69.7 Å². The normalized spacial score (nSPS) is 21.6. The first kappa shape index (κ1) is 14.2. The van der Waals surface area contributed by atoms with Crippen LogP contribution in [0.25, 0.3) is 0 Å². The van der Waals surface area contributed by atoms with Crippen molar-refractivity contribution in [2.24, 2.45) is 5.92 Å². The Balaban J connectivity index is 1.83. The number of hydrogen-bond acceptors (Lipinski definition) is 0. The van der Waals surface area contributed by atoms with Gasteiger partial charge < -0.3 is 0 Å². The second-order valence-corrected chi connectivity index (χ2v) is 7.09. The van der Waals surface area contributed by atoms with Crippen molar-refractivity contribution in [3.8, 4) is 0 Å². The van der Waals surface area contributed by atoms with E-state index in [1.807, 2.05) is 0 Å². The highest BCUT2D eigenvalue weighted by atomic mass is 79.9. The molecular formula is C18H18BrCl. The molecule has 2 aromatic rings. The van der Waals surface area contributed by atoms with Gasteiger partial charge in [0.25, 0.3) is 0 Å². The minimum absolute atomic E-state index is 0.435. The first-order chi connectivity index (χ1) is 9.65. The van der Waals surface area contributed by atoms with E-state index < -0.39 is 0 Å². The molecule has 3 rings (SSSR count). The quantitative estimate of drug-likeness (QED) is 0.593. The molecule has 1 aliphatic rings. The highest BCUT2D eigenvalue weighted by molar-refractivity contribution is 9.09. The van der Waals surface area contributed by atoms with Gasteiger partial charge in [-0.1, -0.05) is 63.9 Å². The van der Waals surface area contributed by atoms with E-state index >= 15 is 0 Å². The van der Waals surface area contributed by atoms with Crippen LogP contribution in [0.2, 0.25) is 5.02 Å². The van der Waals surface area contributed by atoms with Crippen LogP contribution in [0.3, 0.4) is 0 Å². The Kier molecular flexibility index (Phi) is 4.18. The third-order valence-corrected chi connectivity index (χ3v) is 5.83. The molecule has 0 aliphatic heterocycles. The summed E-state index contributed by atoms with van der Waals surface area (Å²) >= 11 is 10.3. The fourth-order valence-electron chi connectivity index (χ4n) is 3.08. The summed E-state index contributed by atoms with van der Waals surface area (Å²) in [5.74, 6) is 0.616. The first-order valence-electron chi connectivity index (χ1n) is 7.12. The summed E-state index contributed by atoms with van der Waals surface area (Å²) in [7, 11) is 0. The maximum Gasteiger partial charge on any atom is 0.0440 e. The van der Waals surface area contributed by atoms with Crippen LogP contribution in [0.4, 0.5) is 0 Å². The molecule has 0 fully saturated rings. The number of halogens is 2. The Morgan fingerprint density at radius 2 is 2.00 bits per heavy atom. The lowest BCUT2D eigenvalue weighted by molar-refractivity contribution is 0.452. The topological polar surface area (TPSA) is 0 Å². The molecule has 20 heavy (non-hydrogen) atoms. The molecule has 0 radical (unpaired) electrons. The maximum absolute atomic E-state index is 6.38. The molecule has 2 atom stereocenters. The minimum atomic E-state index is 0.435. The number of rotatable bonds is 2. The van der Waals surface area contributed by atoms with Crippen molar-refractivity contribution in [3.63, 3.8) is 0 Å². The molecule has 0 aromatic heterocycles. The standard InChI is InChI=1S/C18H18BrCl/c1-12-6-7-14(17(20)10-12)11-15-9-8-13-4-2-3-5-16(13)18(15)19/h2-7,10,15,18H,8-9,11H2,1H3. The summed E-state index contributed by atoms with van der Waals surface area (Å²) in [6.45, 7) is 2.08. The van der Waals surface area contributed by atoms with Gasteiger partial charge in [0.2, 0.25) is 0 Å². The molecule has 1 aliphatic carbocycles. The molecule has 0 amide bonds.